The summed E-state index contributed by atoms with van der Waals surface area (Å²) in [5, 5.41) is 19.7. The van der Waals surface area contributed by atoms with Crippen LogP contribution in [0.4, 0.5) is 5.69 Å². The van der Waals surface area contributed by atoms with E-state index in [1.165, 1.54) is 37.0 Å². The summed E-state index contributed by atoms with van der Waals surface area (Å²) >= 11 is 1.23. The van der Waals surface area contributed by atoms with Gasteiger partial charge >= 0.3 is 5.97 Å². The number of hydrogen-bond acceptors (Lipinski definition) is 6. The van der Waals surface area contributed by atoms with Gasteiger partial charge in [-0.15, -0.1) is 11.3 Å². The number of piperidine rings is 2. The molecule has 34 heavy (non-hydrogen) atoms. The molecule has 1 aromatic heterocycles. The highest BCUT2D eigenvalue weighted by Gasteiger charge is 2.28. The molecule has 2 aromatic rings. The average molecular weight is 485 g/mol. The largest absolute Gasteiger partial charge is 0.480 e. The molecule has 0 bridgehead atoms. The van der Waals surface area contributed by atoms with Gasteiger partial charge in [0.15, 0.2) is 0 Å². The highest BCUT2D eigenvalue weighted by atomic mass is 32.1. The van der Waals surface area contributed by atoms with Crippen molar-refractivity contribution in [3.63, 3.8) is 0 Å². The molecule has 1 atom stereocenters. The fourth-order valence-electron chi connectivity index (χ4n) is 4.90. The van der Waals surface area contributed by atoms with Gasteiger partial charge in [-0.1, -0.05) is 6.07 Å². The molecule has 9 heteroatoms. The van der Waals surface area contributed by atoms with Crippen LogP contribution in [0.5, 0.6) is 0 Å². The van der Waals surface area contributed by atoms with Crippen molar-refractivity contribution in [2.75, 3.05) is 37.6 Å². The summed E-state index contributed by atoms with van der Waals surface area (Å²) in [6, 6.07) is 9.57. The first-order valence-corrected chi connectivity index (χ1v) is 12.8. The SMILES string of the molecule is O=C(NC[C@H](NC(=O)c1cccs1)C(=O)O)c1ccc(N2CCC(C3CCNCC3)CC2)cc1. The van der Waals surface area contributed by atoms with Crippen molar-refractivity contribution in [2.45, 2.75) is 31.7 Å². The van der Waals surface area contributed by atoms with Crippen molar-refractivity contribution in [2.24, 2.45) is 11.8 Å². The van der Waals surface area contributed by atoms with Crippen LogP contribution >= 0.6 is 11.3 Å². The van der Waals surface area contributed by atoms with E-state index in [9.17, 15) is 19.5 Å². The molecule has 4 N–H and O–H groups in total. The van der Waals surface area contributed by atoms with E-state index in [1.54, 1.807) is 29.6 Å². The van der Waals surface area contributed by atoms with E-state index in [1.807, 2.05) is 12.1 Å². The zero-order valence-corrected chi connectivity index (χ0v) is 20.0. The molecule has 3 heterocycles. The van der Waals surface area contributed by atoms with Gasteiger partial charge in [-0.05, 0) is 86.3 Å². The Balaban J connectivity index is 1.26. The number of carboxylic acid groups (broad SMARTS) is 1. The second kappa shape index (κ2) is 11.5. The lowest BCUT2D eigenvalue weighted by Gasteiger charge is -2.38. The van der Waals surface area contributed by atoms with Gasteiger partial charge in [0.05, 0.1) is 4.88 Å². The van der Waals surface area contributed by atoms with E-state index >= 15 is 0 Å². The summed E-state index contributed by atoms with van der Waals surface area (Å²) in [7, 11) is 0. The Bertz CT molecular complexity index is 965. The van der Waals surface area contributed by atoms with Crippen LogP contribution in [0.1, 0.15) is 45.7 Å². The van der Waals surface area contributed by atoms with Gasteiger partial charge in [0.25, 0.3) is 11.8 Å². The van der Waals surface area contributed by atoms with E-state index < -0.39 is 17.9 Å². The number of nitrogens with one attached hydrogen (secondary N) is 3. The van der Waals surface area contributed by atoms with Crippen LogP contribution in [0.25, 0.3) is 0 Å². The minimum atomic E-state index is -1.21. The summed E-state index contributed by atoms with van der Waals surface area (Å²) in [6.45, 7) is 4.15. The first kappa shape index (κ1) is 24.2. The number of rotatable bonds is 8. The van der Waals surface area contributed by atoms with Crippen molar-refractivity contribution in [3.8, 4) is 0 Å². The Morgan fingerprint density at radius 1 is 1.00 bits per heavy atom. The lowest BCUT2D eigenvalue weighted by Crippen LogP contribution is -2.48. The molecular formula is C25H32N4O4S. The summed E-state index contributed by atoms with van der Waals surface area (Å²) < 4.78 is 0. The molecule has 0 aliphatic carbocycles. The highest BCUT2D eigenvalue weighted by Crippen LogP contribution is 2.32. The second-order valence-corrected chi connectivity index (χ2v) is 9.96. The number of carbonyl (C=O) groups excluding carboxylic acids is 2. The maximum absolute atomic E-state index is 12.6. The van der Waals surface area contributed by atoms with Gasteiger partial charge < -0.3 is 26.0 Å². The number of anilines is 1. The van der Waals surface area contributed by atoms with E-state index in [2.05, 4.69) is 20.9 Å². The maximum atomic E-state index is 12.6. The number of nitrogens with zero attached hydrogens (tertiary/aromatic N) is 1. The molecule has 182 valence electrons. The molecule has 8 nitrogen and oxygen atoms in total. The van der Waals surface area contributed by atoms with Crippen molar-refractivity contribution in [3.05, 3.63) is 52.2 Å². The molecule has 2 aliphatic heterocycles. The van der Waals surface area contributed by atoms with E-state index in [-0.39, 0.29) is 12.5 Å². The summed E-state index contributed by atoms with van der Waals surface area (Å²) in [5.74, 6) is -0.378. The Morgan fingerprint density at radius 3 is 2.29 bits per heavy atom. The van der Waals surface area contributed by atoms with E-state index in [0.717, 1.165) is 43.7 Å². The minimum Gasteiger partial charge on any atom is -0.480 e. The van der Waals surface area contributed by atoms with Crippen molar-refractivity contribution in [1.29, 1.82) is 0 Å². The molecular weight excluding hydrogens is 452 g/mol. The fraction of sp³-hybridized carbons (Fsp3) is 0.480. The number of carboxylic acids is 1. The van der Waals surface area contributed by atoms with Crippen LogP contribution in [-0.2, 0) is 4.79 Å². The average Bonchev–Trinajstić information content (AvgIpc) is 3.42. The van der Waals surface area contributed by atoms with E-state index in [0.29, 0.717) is 10.4 Å². The molecule has 2 saturated heterocycles. The lowest BCUT2D eigenvalue weighted by atomic mass is 9.79. The molecule has 0 spiro atoms. The number of thiophene rings is 1. The standard InChI is InChI=1S/C25H32N4O4S/c30-23(27-16-21(25(32)33)28-24(31)22-2-1-15-34-22)19-3-5-20(6-4-19)29-13-9-18(10-14-29)17-7-11-26-12-8-17/h1-6,15,17-18,21,26H,7-14,16H2,(H,27,30)(H,28,31)(H,32,33)/t21-/m0/s1. The topological polar surface area (TPSA) is 111 Å². The zero-order valence-electron chi connectivity index (χ0n) is 19.2. The van der Waals surface area contributed by atoms with Crippen LogP contribution in [0.15, 0.2) is 41.8 Å². The van der Waals surface area contributed by atoms with Gasteiger partial charge in [-0.25, -0.2) is 4.79 Å². The first-order valence-electron chi connectivity index (χ1n) is 11.9. The fourth-order valence-corrected chi connectivity index (χ4v) is 5.53. The van der Waals surface area contributed by atoms with E-state index in [4.69, 9.17) is 0 Å². The van der Waals surface area contributed by atoms with Crippen molar-refractivity contribution in [1.82, 2.24) is 16.0 Å². The minimum absolute atomic E-state index is 0.197. The summed E-state index contributed by atoms with van der Waals surface area (Å²) in [6.07, 6.45) is 4.99. The Labute approximate surface area is 203 Å². The Hall–Kier alpha value is -2.91. The van der Waals surface area contributed by atoms with Crippen LogP contribution in [0, 0.1) is 11.8 Å². The van der Waals surface area contributed by atoms with Crippen LogP contribution in [0.2, 0.25) is 0 Å². The van der Waals surface area contributed by atoms with Crippen LogP contribution in [-0.4, -0.2) is 61.7 Å². The number of aliphatic carboxylic acids is 1. The third kappa shape index (κ3) is 6.15. The lowest BCUT2D eigenvalue weighted by molar-refractivity contribution is -0.139. The smallest absolute Gasteiger partial charge is 0.328 e. The molecule has 0 radical (unpaired) electrons. The number of carbonyl (C=O) groups is 3. The Kier molecular flexibility index (Phi) is 8.18. The normalized spacial score (nSPS) is 18.3. The quantitative estimate of drug-likeness (QED) is 0.458. The predicted octanol–water partition coefficient (Wildman–Crippen LogP) is 2.58. The van der Waals surface area contributed by atoms with Crippen molar-refractivity contribution >= 4 is 34.8 Å². The van der Waals surface area contributed by atoms with Crippen molar-refractivity contribution < 1.29 is 19.5 Å². The molecule has 2 aliphatic rings. The molecule has 1 aromatic carbocycles. The molecule has 4 rings (SSSR count). The first-order chi connectivity index (χ1) is 16.5. The van der Waals surface area contributed by atoms with Gasteiger partial charge in [-0.2, -0.15) is 0 Å². The predicted molar refractivity (Wildman–Crippen MR) is 133 cm³/mol. The number of hydrogen-bond donors (Lipinski definition) is 4. The second-order valence-electron chi connectivity index (χ2n) is 9.01. The summed E-state index contributed by atoms with van der Waals surface area (Å²) in [5.41, 5.74) is 1.56. The van der Waals surface area contributed by atoms with Gasteiger partial charge in [0.1, 0.15) is 6.04 Å². The highest BCUT2D eigenvalue weighted by molar-refractivity contribution is 7.12. The maximum Gasteiger partial charge on any atom is 0.328 e. The molecule has 0 unspecified atom stereocenters. The summed E-state index contributed by atoms with van der Waals surface area (Å²) in [4.78, 5) is 39.0. The molecule has 2 fully saturated rings. The monoisotopic (exact) mass is 484 g/mol. The van der Waals surface area contributed by atoms with Gasteiger partial charge in [-0.3, -0.25) is 9.59 Å². The Morgan fingerprint density at radius 2 is 1.68 bits per heavy atom. The number of benzene rings is 1. The third-order valence-corrected chi connectivity index (χ3v) is 7.77. The third-order valence-electron chi connectivity index (χ3n) is 6.90. The molecule has 0 saturated carbocycles. The van der Waals surface area contributed by atoms with Crippen LogP contribution < -0.4 is 20.9 Å². The van der Waals surface area contributed by atoms with Gasteiger partial charge in [0, 0.05) is 30.9 Å². The zero-order chi connectivity index (χ0) is 23.9. The molecule has 2 amide bonds. The number of amides is 2. The van der Waals surface area contributed by atoms with Crippen LogP contribution in [0.3, 0.4) is 0 Å². The van der Waals surface area contributed by atoms with Gasteiger partial charge in [0.2, 0.25) is 0 Å².